The van der Waals surface area contributed by atoms with Crippen LogP contribution in [0.3, 0.4) is 0 Å². The van der Waals surface area contributed by atoms with Crippen molar-refractivity contribution in [2.75, 3.05) is 26.7 Å². The van der Waals surface area contributed by atoms with Gasteiger partial charge in [0.15, 0.2) is 0 Å². The Bertz CT molecular complexity index is 968. The molecule has 194 valence electrons. The van der Waals surface area contributed by atoms with Crippen molar-refractivity contribution < 1.29 is 60.4 Å². The first-order valence-corrected chi connectivity index (χ1v) is 12.9. The summed E-state index contributed by atoms with van der Waals surface area (Å²) < 4.78 is 178. The molecule has 0 aromatic rings. The van der Waals surface area contributed by atoms with Crippen molar-refractivity contribution in [3.05, 3.63) is 0 Å². The minimum atomic E-state index is -7.53. The first kappa shape index (κ1) is 31.2. The summed E-state index contributed by atoms with van der Waals surface area (Å²) in [6.07, 6.45) is -1.42. The summed E-state index contributed by atoms with van der Waals surface area (Å²) in [5, 5.41) is -12.3. The maximum absolute atomic E-state index is 14.9. The molecule has 1 unspecified atom stereocenters. The Balaban J connectivity index is 6.22. The van der Waals surface area contributed by atoms with E-state index in [4.69, 9.17) is 0 Å². The van der Waals surface area contributed by atoms with Crippen LogP contribution in [0.25, 0.3) is 0 Å². The number of nitrogens with zero attached hydrogens (tertiary/aromatic N) is 1. The van der Waals surface area contributed by atoms with E-state index >= 15 is 0 Å². The molecular formula is C12H21F8N3O6S3. The number of alkyl halides is 8. The van der Waals surface area contributed by atoms with Gasteiger partial charge >= 0.3 is 26.7 Å². The normalized spacial score (nSPS) is 16.9. The van der Waals surface area contributed by atoms with Crippen LogP contribution in [-0.4, -0.2) is 78.5 Å². The lowest BCUT2D eigenvalue weighted by Gasteiger charge is -2.36. The van der Waals surface area contributed by atoms with Crippen LogP contribution in [0.2, 0.25) is 0 Å². The summed E-state index contributed by atoms with van der Waals surface area (Å²) in [6, 6.07) is 0. The molecule has 1 atom stereocenters. The number of hydrogen-bond acceptors (Lipinski definition) is 7. The van der Waals surface area contributed by atoms with Gasteiger partial charge in [-0.05, 0) is 20.0 Å². The smallest absolute Gasteiger partial charge is 0.305 e. The van der Waals surface area contributed by atoms with Crippen molar-refractivity contribution in [3.8, 4) is 0 Å². The van der Waals surface area contributed by atoms with Crippen molar-refractivity contribution in [2.45, 2.75) is 48.4 Å². The Morgan fingerprint density at radius 2 is 1.22 bits per heavy atom. The van der Waals surface area contributed by atoms with Crippen LogP contribution in [-0.2, 0) is 30.1 Å². The Morgan fingerprint density at radius 1 is 0.750 bits per heavy atom. The predicted molar refractivity (Wildman–Crippen MR) is 95.8 cm³/mol. The van der Waals surface area contributed by atoms with Gasteiger partial charge in [-0.1, -0.05) is 18.0 Å². The molecule has 0 aliphatic rings. The summed E-state index contributed by atoms with van der Waals surface area (Å²) in [6.45, 7) is 1.43. The third kappa shape index (κ3) is 5.80. The standard InChI is InChI=1S/C12H21F8N3O6S3/c1-4-7-23(3)8-6-21-30(24,25)9(13,5-2)10(14,15)11(16,17)31(26,27)22-32(28,29)12(18,19)20/h21-22H,4-8H2,1-3H3. The van der Waals surface area contributed by atoms with E-state index in [9.17, 15) is 60.4 Å². The predicted octanol–water partition coefficient (Wildman–Crippen LogP) is 1.32. The van der Waals surface area contributed by atoms with E-state index in [1.807, 2.05) is 0 Å². The van der Waals surface area contributed by atoms with Gasteiger partial charge < -0.3 is 4.90 Å². The minimum Gasteiger partial charge on any atom is -0.305 e. The average Bonchev–Trinajstić information content (AvgIpc) is 2.58. The summed E-state index contributed by atoms with van der Waals surface area (Å²) in [5.74, 6) is -6.75. The lowest BCUT2D eigenvalue weighted by atomic mass is 10.1. The summed E-state index contributed by atoms with van der Waals surface area (Å²) in [4.78, 5) is 1.44. The first-order valence-electron chi connectivity index (χ1n) is 8.44. The molecule has 0 saturated carbocycles. The number of sulfonamides is 3. The van der Waals surface area contributed by atoms with Crippen LogP contribution >= 0.6 is 0 Å². The lowest BCUT2D eigenvalue weighted by molar-refractivity contribution is -0.209. The summed E-state index contributed by atoms with van der Waals surface area (Å²) in [5.41, 5.74) is -6.53. The van der Waals surface area contributed by atoms with E-state index in [0.717, 1.165) is 0 Å². The fourth-order valence-electron chi connectivity index (χ4n) is 2.19. The molecule has 0 aromatic heterocycles. The Morgan fingerprint density at radius 3 is 1.59 bits per heavy atom. The fraction of sp³-hybridized carbons (Fsp3) is 1.00. The molecule has 0 aromatic carbocycles. The number of likely N-dealkylation sites (N-methyl/N-ethyl adjacent to an activating group) is 1. The van der Waals surface area contributed by atoms with Gasteiger partial charge in [-0.2, -0.15) is 30.7 Å². The molecule has 0 aliphatic carbocycles. The van der Waals surface area contributed by atoms with Gasteiger partial charge in [0.1, 0.15) is 0 Å². The molecule has 0 amide bonds. The number of rotatable bonds is 13. The SMILES string of the molecule is CCCN(C)CCNS(=O)(=O)C(F)(CC)C(F)(F)C(F)(F)S(=O)(=O)NS(=O)(=O)C(F)(F)F. The van der Waals surface area contributed by atoms with Gasteiger partial charge in [0, 0.05) is 19.5 Å². The molecule has 0 bridgehead atoms. The van der Waals surface area contributed by atoms with E-state index in [1.54, 1.807) is 6.92 Å². The monoisotopic (exact) mass is 551 g/mol. The molecule has 0 rings (SSSR count). The van der Waals surface area contributed by atoms with Crippen LogP contribution < -0.4 is 8.85 Å². The van der Waals surface area contributed by atoms with Crippen LogP contribution in [0.15, 0.2) is 0 Å². The zero-order valence-electron chi connectivity index (χ0n) is 16.7. The van der Waals surface area contributed by atoms with Crippen molar-refractivity contribution in [3.63, 3.8) is 0 Å². The van der Waals surface area contributed by atoms with Crippen LogP contribution in [0.5, 0.6) is 0 Å². The van der Waals surface area contributed by atoms with E-state index in [2.05, 4.69) is 0 Å². The fourth-order valence-corrected chi connectivity index (χ4v) is 6.14. The number of hydrogen-bond donors (Lipinski definition) is 2. The van der Waals surface area contributed by atoms with Crippen molar-refractivity contribution >= 4 is 30.1 Å². The topological polar surface area (TPSA) is 130 Å². The highest BCUT2D eigenvalue weighted by atomic mass is 32.3. The maximum atomic E-state index is 14.9. The molecule has 0 heterocycles. The van der Waals surface area contributed by atoms with Crippen LogP contribution in [0.1, 0.15) is 26.7 Å². The van der Waals surface area contributed by atoms with Gasteiger partial charge in [0.2, 0.25) is 0 Å². The molecule has 0 spiro atoms. The highest BCUT2D eigenvalue weighted by Crippen LogP contribution is 2.51. The Hall–Kier alpha value is -0.830. The van der Waals surface area contributed by atoms with E-state index < -0.39 is 68.8 Å². The molecule has 2 N–H and O–H groups in total. The van der Waals surface area contributed by atoms with Gasteiger partial charge in [-0.15, -0.1) is 0 Å². The largest absolute Gasteiger partial charge is 0.512 e. The van der Waals surface area contributed by atoms with Gasteiger partial charge in [-0.25, -0.2) is 34.4 Å². The van der Waals surface area contributed by atoms with Gasteiger partial charge in [0.25, 0.3) is 25.0 Å². The zero-order chi connectivity index (χ0) is 26.0. The number of nitrogens with one attached hydrogen (secondary N) is 2. The third-order valence-electron chi connectivity index (χ3n) is 3.97. The second kappa shape index (κ2) is 9.80. The molecule has 32 heavy (non-hydrogen) atoms. The summed E-state index contributed by atoms with van der Waals surface area (Å²) in [7, 11) is -19.3. The minimum absolute atomic E-state index is 0.210. The maximum Gasteiger partial charge on any atom is 0.512 e. The second-order valence-electron chi connectivity index (χ2n) is 6.41. The molecule has 0 saturated heterocycles. The highest BCUT2D eigenvalue weighted by molar-refractivity contribution is 8.05. The highest BCUT2D eigenvalue weighted by Gasteiger charge is 2.80. The number of halogens is 8. The zero-order valence-corrected chi connectivity index (χ0v) is 19.1. The quantitative estimate of drug-likeness (QED) is 0.331. The van der Waals surface area contributed by atoms with E-state index in [1.165, 1.54) is 16.7 Å². The average molecular weight is 552 g/mol. The van der Waals surface area contributed by atoms with E-state index in [0.29, 0.717) is 19.9 Å². The van der Waals surface area contributed by atoms with Crippen LogP contribution in [0, 0.1) is 0 Å². The molecule has 0 aliphatic heterocycles. The molecular weight excluding hydrogens is 530 g/mol. The molecule has 0 radical (unpaired) electrons. The van der Waals surface area contributed by atoms with Crippen molar-refractivity contribution in [2.24, 2.45) is 0 Å². The first-order chi connectivity index (χ1) is 14.0. The molecule has 20 heteroatoms. The van der Waals surface area contributed by atoms with Crippen molar-refractivity contribution in [1.82, 2.24) is 13.7 Å². The van der Waals surface area contributed by atoms with Gasteiger partial charge in [0.05, 0.1) is 0 Å². The summed E-state index contributed by atoms with van der Waals surface area (Å²) >= 11 is 0. The Labute approximate surface area is 179 Å². The Kier molecular flexibility index (Phi) is 9.55. The van der Waals surface area contributed by atoms with Gasteiger partial charge in [-0.3, -0.25) is 0 Å². The molecule has 0 fully saturated rings. The van der Waals surface area contributed by atoms with Crippen LogP contribution in [0.4, 0.5) is 35.1 Å². The molecule has 9 nitrogen and oxygen atoms in total. The third-order valence-corrected chi connectivity index (χ3v) is 9.24. The van der Waals surface area contributed by atoms with Crippen molar-refractivity contribution in [1.29, 1.82) is 0 Å². The van der Waals surface area contributed by atoms with E-state index in [-0.39, 0.29) is 6.54 Å². The second-order valence-corrected chi connectivity index (χ2v) is 12.0. The lowest BCUT2D eigenvalue weighted by Crippen LogP contribution is -2.66.